The number of para-hydroxylation sites is 1. The smallest absolute Gasteiger partial charge is 0.264 e. The zero-order valence-electron chi connectivity index (χ0n) is 13.3. The predicted molar refractivity (Wildman–Crippen MR) is 95.2 cm³/mol. The fourth-order valence-corrected chi connectivity index (χ4v) is 5.98. The van der Waals surface area contributed by atoms with Gasteiger partial charge in [-0.25, -0.2) is 8.42 Å². The number of nitrogens with zero attached hydrogens (tertiary/aromatic N) is 2. The van der Waals surface area contributed by atoms with E-state index in [1.165, 1.54) is 15.6 Å². The Balaban J connectivity index is 1.48. The van der Waals surface area contributed by atoms with Crippen molar-refractivity contribution in [3.8, 4) is 0 Å². The fourth-order valence-electron chi connectivity index (χ4n) is 3.25. The van der Waals surface area contributed by atoms with Crippen molar-refractivity contribution < 1.29 is 13.2 Å². The summed E-state index contributed by atoms with van der Waals surface area (Å²) in [5, 5.41) is -0.506. The van der Waals surface area contributed by atoms with Crippen LogP contribution in [0.15, 0.2) is 36.4 Å². The lowest BCUT2D eigenvalue weighted by Crippen LogP contribution is -2.59. The van der Waals surface area contributed by atoms with Gasteiger partial charge in [-0.05, 0) is 37.1 Å². The van der Waals surface area contributed by atoms with Gasteiger partial charge in [0.2, 0.25) is 10.0 Å². The number of carbonyl (C=O) groups is 1. The highest BCUT2D eigenvalue weighted by Crippen LogP contribution is 2.33. The van der Waals surface area contributed by atoms with Gasteiger partial charge < -0.3 is 4.90 Å². The first-order valence-corrected chi connectivity index (χ1v) is 10.2. The van der Waals surface area contributed by atoms with E-state index >= 15 is 0 Å². The molecule has 126 valence electrons. The van der Waals surface area contributed by atoms with Crippen LogP contribution in [0.3, 0.4) is 0 Å². The van der Waals surface area contributed by atoms with E-state index in [-0.39, 0.29) is 19.0 Å². The molecule has 1 fully saturated rings. The van der Waals surface area contributed by atoms with Gasteiger partial charge in [0, 0.05) is 24.5 Å². The summed E-state index contributed by atoms with van der Waals surface area (Å²) in [5.74, 6) is -0.0682. The molecule has 5 nitrogen and oxygen atoms in total. The molecular weight excluding hydrogens is 344 g/mol. The van der Waals surface area contributed by atoms with Crippen molar-refractivity contribution >= 4 is 33.0 Å². The molecule has 2 aromatic rings. The van der Waals surface area contributed by atoms with E-state index in [1.807, 2.05) is 37.3 Å². The number of hydrogen-bond donors (Lipinski definition) is 0. The van der Waals surface area contributed by atoms with Gasteiger partial charge in [0.25, 0.3) is 5.91 Å². The summed E-state index contributed by atoms with van der Waals surface area (Å²) in [6, 6.07) is 11.3. The largest absolute Gasteiger partial charge is 0.335 e. The monoisotopic (exact) mass is 362 g/mol. The number of rotatable bonds is 3. The summed E-state index contributed by atoms with van der Waals surface area (Å²) in [6.07, 6.45) is 0.749. The van der Waals surface area contributed by atoms with Gasteiger partial charge in [0.1, 0.15) is 5.25 Å². The van der Waals surface area contributed by atoms with Gasteiger partial charge in [-0.2, -0.15) is 0 Å². The van der Waals surface area contributed by atoms with Gasteiger partial charge in [-0.15, -0.1) is 11.3 Å². The third-order valence-electron chi connectivity index (χ3n) is 4.66. The third-order valence-corrected chi connectivity index (χ3v) is 7.78. The van der Waals surface area contributed by atoms with Crippen molar-refractivity contribution in [1.29, 1.82) is 0 Å². The van der Waals surface area contributed by atoms with Crippen LogP contribution < -0.4 is 4.31 Å². The van der Waals surface area contributed by atoms with Crippen molar-refractivity contribution in [2.75, 3.05) is 23.9 Å². The van der Waals surface area contributed by atoms with Gasteiger partial charge in [-0.3, -0.25) is 9.10 Å². The second-order valence-electron chi connectivity index (χ2n) is 6.24. The summed E-state index contributed by atoms with van der Waals surface area (Å²) < 4.78 is 27.3. The molecule has 2 aliphatic heterocycles. The number of amides is 1. The molecule has 2 aliphatic rings. The van der Waals surface area contributed by atoms with Crippen LogP contribution in [0.1, 0.15) is 20.1 Å². The van der Waals surface area contributed by atoms with Crippen molar-refractivity contribution in [2.24, 2.45) is 0 Å². The van der Waals surface area contributed by atoms with Crippen LogP contribution in [0.4, 0.5) is 5.69 Å². The van der Waals surface area contributed by atoms with Crippen LogP contribution in [0.25, 0.3) is 0 Å². The molecule has 1 amide bonds. The van der Waals surface area contributed by atoms with Crippen molar-refractivity contribution in [2.45, 2.75) is 18.6 Å². The summed E-state index contributed by atoms with van der Waals surface area (Å²) in [6.45, 7) is 3.00. The zero-order valence-corrected chi connectivity index (χ0v) is 14.9. The topological polar surface area (TPSA) is 57.7 Å². The lowest BCUT2D eigenvalue weighted by molar-refractivity contribution is 0.0664. The number of carbonyl (C=O) groups excluding carboxylic acids is 1. The van der Waals surface area contributed by atoms with Crippen LogP contribution in [0.2, 0.25) is 0 Å². The van der Waals surface area contributed by atoms with Gasteiger partial charge in [0.15, 0.2) is 0 Å². The van der Waals surface area contributed by atoms with Gasteiger partial charge in [0.05, 0.1) is 10.6 Å². The molecule has 1 saturated heterocycles. The molecule has 0 spiro atoms. The minimum absolute atomic E-state index is 0.0682. The standard InChI is InChI=1S/C17H18N2O3S2/c1-12-6-7-16(23-12)17(20)18-10-14(11-18)24(21,22)19-9-8-13-4-2-3-5-15(13)19/h2-7,14H,8-11H2,1H3. The predicted octanol–water partition coefficient (Wildman–Crippen LogP) is 2.27. The minimum Gasteiger partial charge on any atom is -0.335 e. The van der Waals surface area contributed by atoms with E-state index in [4.69, 9.17) is 0 Å². The zero-order chi connectivity index (χ0) is 16.9. The molecule has 0 saturated carbocycles. The van der Waals surface area contributed by atoms with Crippen LogP contribution in [-0.2, 0) is 16.4 Å². The fraction of sp³-hybridized carbons (Fsp3) is 0.353. The van der Waals surface area contributed by atoms with Crippen molar-refractivity contribution in [3.63, 3.8) is 0 Å². The molecule has 0 radical (unpaired) electrons. The van der Waals surface area contributed by atoms with E-state index in [2.05, 4.69) is 0 Å². The average Bonchev–Trinajstić information content (AvgIpc) is 3.11. The maximum Gasteiger partial charge on any atom is 0.264 e. The maximum absolute atomic E-state index is 12.9. The minimum atomic E-state index is -3.42. The van der Waals surface area contributed by atoms with Gasteiger partial charge >= 0.3 is 0 Å². The Morgan fingerprint density at radius 3 is 2.62 bits per heavy atom. The maximum atomic E-state index is 12.9. The molecule has 1 aromatic carbocycles. The quantitative estimate of drug-likeness (QED) is 0.842. The van der Waals surface area contributed by atoms with E-state index in [0.29, 0.717) is 11.4 Å². The van der Waals surface area contributed by atoms with E-state index in [0.717, 1.165) is 22.5 Å². The number of benzene rings is 1. The number of sulfonamides is 1. The highest BCUT2D eigenvalue weighted by molar-refractivity contribution is 7.93. The summed E-state index contributed by atoms with van der Waals surface area (Å²) >= 11 is 1.45. The van der Waals surface area contributed by atoms with Crippen LogP contribution in [-0.4, -0.2) is 44.1 Å². The third kappa shape index (κ3) is 2.43. The first kappa shape index (κ1) is 15.7. The van der Waals surface area contributed by atoms with Gasteiger partial charge in [-0.1, -0.05) is 18.2 Å². The highest BCUT2D eigenvalue weighted by atomic mass is 32.2. The first-order chi connectivity index (χ1) is 11.5. The Morgan fingerprint density at radius 2 is 1.92 bits per heavy atom. The lowest BCUT2D eigenvalue weighted by Gasteiger charge is -2.40. The SMILES string of the molecule is Cc1ccc(C(=O)N2CC(S(=O)(=O)N3CCc4ccccc43)C2)s1. The Labute approximate surface area is 145 Å². The number of anilines is 1. The Morgan fingerprint density at radius 1 is 1.17 bits per heavy atom. The second-order valence-corrected chi connectivity index (χ2v) is 9.66. The number of thiophene rings is 1. The summed E-state index contributed by atoms with van der Waals surface area (Å²) in [5.41, 5.74) is 1.86. The highest BCUT2D eigenvalue weighted by Gasteiger charge is 2.44. The van der Waals surface area contributed by atoms with Crippen LogP contribution in [0, 0.1) is 6.92 Å². The van der Waals surface area contributed by atoms with Crippen LogP contribution >= 0.6 is 11.3 Å². The first-order valence-electron chi connectivity index (χ1n) is 7.92. The van der Waals surface area contributed by atoms with Crippen LogP contribution in [0.5, 0.6) is 0 Å². The molecule has 0 N–H and O–H groups in total. The molecule has 0 aliphatic carbocycles. The number of fused-ring (bicyclic) bond motifs is 1. The second kappa shape index (κ2) is 5.60. The lowest BCUT2D eigenvalue weighted by atomic mass is 10.2. The van der Waals surface area contributed by atoms with Crippen molar-refractivity contribution in [1.82, 2.24) is 4.90 Å². The normalized spacial score (nSPS) is 17.7. The Bertz CT molecular complexity index is 898. The summed E-state index contributed by atoms with van der Waals surface area (Å²) in [4.78, 5) is 15.7. The number of hydrogen-bond acceptors (Lipinski definition) is 4. The molecule has 1 aromatic heterocycles. The molecule has 0 bridgehead atoms. The average molecular weight is 362 g/mol. The Kier molecular flexibility index (Phi) is 3.65. The van der Waals surface area contributed by atoms with E-state index < -0.39 is 15.3 Å². The van der Waals surface area contributed by atoms with Crippen molar-refractivity contribution in [3.05, 3.63) is 51.7 Å². The summed E-state index contributed by atoms with van der Waals surface area (Å²) in [7, 11) is -3.42. The number of likely N-dealkylation sites (tertiary alicyclic amines) is 1. The molecule has 0 atom stereocenters. The molecule has 7 heteroatoms. The molecular formula is C17H18N2O3S2. The van der Waals surface area contributed by atoms with E-state index in [9.17, 15) is 13.2 Å². The molecule has 4 rings (SSSR count). The number of aryl methyl sites for hydroxylation is 1. The molecule has 3 heterocycles. The van der Waals surface area contributed by atoms with E-state index in [1.54, 1.807) is 11.0 Å². The molecule has 0 unspecified atom stereocenters. The Hall–Kier alpha value is -1.86. The molecule has 24 heavy (non-hydrogen) atoms.